The number of hydrogen-bond donors (Lipinski definition) is 3. The fourth-order valence-corrected chi connectivity index (χ4v) is 1.64. The molecule has 1 heterocycles. The molecule has 1 aromatic heterocycles. The van der Waals surface area contributed by atoms with Crippen LogP contribution >= 0.6 is 0 Å². The van der Waals surface area contributed by atoms with Crippen molar-refractivity contribution in [3.63, 3.8) is 0 Å². The van der Waals surface area contributed by atoms with Crippen LogP contribution in [0, 0.1) is 0 Å². The quantitative estimate of drug-likeness (QED) is 0.730. The van der Waals surface area contributed by atoms with Gasteiger partial charge in [0.15, 0.2) is 5.82 Å². The Labute approximate surface area is 109 Å². The van der Waals surface area contributed by atoms with Crippen LogP contribution in [0.3, 0.4) is 0 Å². The number of aromatic nitrogens is 3. The topological polar surface area (TPSA) is 100 Å². The van der Waals surface area contributed by atoms with Gasteiger partial charge in [-0.25, -0.2) is 4.98 Å². The summed E-state index contributed by atoms with van der Waals surface area (Å²) in [6, 6.07) is 4.14. The molecule has 19 heavy (non-hydrogen) atoms. The van der Waals surface area contributed by atoms with Crippen LogP contribution in [0.2, 0.25) is 0 Å². The first kappa shape index (κ1) is 12.9. The maximum atomic E-state index is 11.8. The number of aryl methyl sites for hydroxylation is 1. The molecule has 1 amide bonds. The van der Waals surface area contributed by atoms with Crippen molar-refractivity contribution in [2.45, 2.75) is 6.42 Å². The van der Waals surface area contributed by atoms with E-state index in [4.69, 9.17) is 0 Å². The summed E-state index contributed by atoms with van der Waals surface area (Å²) in [6.07, 6.45) is 2.05. The highest BCUT2D eigenvalue weighted by Crippen LogP contribution is 2.25. The minimum Gasteiger partial charge on any atom is -0.507 e. The van der Waals surface area contributed by atoms with Gasteiger partial charge in [-0.05, 0) is 12.1 Å². The summed E-state index contributed by atoms with van der Waals surface area (Å²) < 4.78 is 1.58. The minimum absolute atomic E-state index is 0.128. The third-order valence-electron chi connectivity index (χ3n) is 2.53. The van der Waals surface area contributed by atoms with E-state index in [2.05, 4.69) is 15.4 Å². The van der Waals surface area contributed by atoms with Crippen LogP contribution in [-0.2, 0) is 13.5 Å². The van der Waals surface area contributed by atoms with Gasteiger partial charge in [0, 0.05) is 20.0 Å². The first-order valence-electron chi connectivity index (χ1n) is 5.71. The van der Waals surface area contributed by atoms with E-state index < -0.39 is 5.91 Å². The molecule has 2 aromatic rings. The molecule has 3 N–H and O–H groups in total. The van der Waals surface area contributed by atoms with E-state index in [1.807, 2.05) is 0 Å². The smallest absolute Gasteiger partial charge is 0.258 e. The second-order valence-electron chi connectivity index (χ2n) is 4.01. The van der Waals surface area contributed by atoms with Crippen molar-refractivity contribution in [1.82, 2.24) is 20.1 Å². The van der Waals surface area contributed by atoms with Gasteiger partial charge in [0.05, 0.1) is 0 Å². The highest BCUT2D eigenvalue weighted by molar-refractivity contribution is 5.99. The van der Waals surface area contributed by atoms with E-state index in [9.17, 15) is 15.0 Å². The molecule has 0 unspecified atom stereocenters. The summed E-state index contributed by atoms with van der Waals surface area (Å²) in [5.41, 5.74) is -0.128. The molecule has 0 fully saturated rings. The van der Waals surface area contributed by atoms with Crippen LogP contribution in [0.4, 0.5) is 0 Å². The summed E-state index contributed by atoms with van der Waals surface area (Å²) >= 11 is 0. The highest BCUT2D eigenvalue weighted by atomic mass is 16.3. The van der Waals surface area contributed by atoms with Crippen molar-refractivity contribution in [2.75, 3.05) is 6.54 Å². The number of nitrogens with zero attached hydrogens (tertiary/aromatic N) is 3. The van der Waals surface area contributed by atoms with E-state index in [0.717, 1.165) is 0 Å². The highest BCUT2D eigenvalue weighted by Gasteiger charge is 2.15. The number of rotatable bonds is 4. The Kier molecular flexibility index (Phi) is 3.65. The van der Waals surface area contributed by atoms with Gasteiger partial charge in [-0.1, -0.05) is 6.07 Å². The van der Waals surface area contributed by atoms with E-state index in [0.29, 0.717) is 18.8 Å². The first-order chi connectivity index (χ1) is 9.08. The average Bonchev–Trinajstić information content (AvgIpc) is 2.75. The van der Waals surface area contributed by atoms with Crippen LogP contribution in [0.15, 0.2) is 24.5 Å². The lowest BCUT2D eigenvalue weighted by Gasteiger charge is -2.07. The Morgan fingerprint density at radius 3 is 2.63 bits per heavy atom. The Balaban J connectivity index is 1.94. The molecule has 0 radical (unpaired) electrons. The summed E-state index contributed by atoms with van der Waals surface area (Å²) in [4.78, 5) is 15.8. The van der Waals surface area contributed by atoms with Gasteiger partial charge >= 0.3 is 0 Å². The zero-order chi connectivity index (χ0) is 13.8. The second-order valence-corrected chi connectivity index (χ2v) is 4.01. The molecule has 0 aliphatic carbocycles. The molecule has 0 aliphatic rings. The van der Waals surface area contributed by atoms with Gasteiger partial charge in [0.1, 0.15) is 23.4 Å². The van der Waals surface area contributed by atoms with Crippen LogP contribution in [0.1, 0.15) is 16.2 Å². The molecule has 0 spiro atoms. The van der Waals surface area contributed by atoms with Crippen molar-refractivity contribution >= 4 is 5.91 Å². The largest absolute Gasteiger partial charge is 0.507 e. The summed E-state index contributed by atoms with van der Waals surface area (Å²) in [7, 11) is 1.76. The standard InChI is InChI=1S/C12H14N4O3/c1-16-7-14-10(15-16)5-6-13-12(19)11-8(17)3-2-4-9(11)18/h2-4,7,17-18H,5-6H2,1H3,(H,13,19). The third-order valence-corrected chi connectivity index (χ3v) is 2.53. The van der Waals surface area contributed by atoms with Crippen LogP contribution in [-0.4, -0.2) is 37.4 Å². The van der Waals surface area contributed by atoms with Gasteiger partial charge in [-0.2, -0.15) is 5.10 Å². The van der Waals surface area contributed by atoms with Crippen LogP contribution in [0.25, 0.3) is 0 Å². The SMILES string of the molecule is Cn1cnc(CCNC(=O)c2c(O)cccc2O)n1. The predicted molar refractivity (Wildman–Crippen MR) is 66.8 cm³/mol. The summed E-state index contributed by atoms with van der Waals surface area (Å²) in [5.74, 6) is -0.433. The van der Waals surface area contributed by atoms with E-state index in [-0.39, 0.29) is 17.1 Å². The van der Waals surface area contributed by atoms with E-state index in [1.165, 1.54) is 18.2 Å². The first-order valence-corrected chi connectivity index (χ1v) is 5.71. The fourth-order valence-electron chi connectivity index (χ4n) is 1.64. The third kappa shape index (κ3) is 3.01. The van der Waals surface area contributed by atoms with E-state index in [1.54, 1.807) is 18.1 Å². The van der Waals surface area contributed by atoms with E-state index >= 15 is 0 Å². The maximum absolute atomic E-state index is 11.8. The number of carbonyl (C=O) groups is 1. The molecule has 0 saturated carbocycles. The van der Waals surface area contributed by atoms with Crippen molar-refractivity contribution in [3.8, 4) is 11.5 Å². The van der Waals surface area contributed by atoms with Gasteiger partial charge in [0.2, 0.25) is 0 Å². The lowest BCUT2D eigenvalue weighted by molar-refractivity contribution is 0.0948. The zero-order valence-corrected chi connectivity index (χ0v) is 10.4. The number of aromatic hydroxyl groups is 2. The van der Waals surface area contributed by atoms with Crippen LogP contribution in [0.5, 0.6) is 11.5 Å². The van der Waals surface area contributed by atoms with Crippen molar-refractivity contribution in [3.05, 3.63) is 35.9 Å². The Morgan fingerprint density at radius 2 is 2.05 bits per heavy atom. The molecule has 7 heteroatoms. The predicted octanol–water partition coefficient (Wildman–Crippen LogP) is 0.199. The molecule has 0 aliphatic heterocycles. The zero-order valence-electron chi connectivity index (χ0n) is 10.4. The minimum atomic E-state index is -0.536. The lowest BCUT2D eigenvalue weighted by Crippen LogP contribution is -2.26. The lowest BCUT2D eigenvalue weighted by atomic mass is 10.1. The Morgan fingerprint density at radius 1 is 1.37 bits per heavy atom. The number of nitrogens with one attached hydrogen (secondary N) is 1. The number of phenolic OH excluding ortho intramolecular Hbond substituents is 2. The van der Waals surface area contributed by atoms with Gasteiger partial charge in [0.25, 0.3) is 5.91 Å². The number of carbonyl (C=O) groups excluding carboxylic acids is 1. The molecule has 0 bridgehead atoms. The number of amides is 1. The maximum Gasteiger partial charge on any atom is 0.258 e. The number of phenols is 2. The summed E-state index contributed by atoms with van der Waals surface area (Å²) in [6.45, 7) is 0.316. The molecule has 7 nitrogen and oxygen atoms in total. The molecular weight excluding hydrogens is 248 g/mol. The molecule has 0 saturated heterocycles. The van der Waals surface area contributed by atoms with Crippen LogP contribution < -0.4 is 5.32 Å². The van der Waals surface area contributed by atoms with Gasteiger partial charge in [-0.3, -0.25) is 9.48 Å². The molecular formula is C12H14N4O3. The van der Waals surface area contributed by atoms with Gasteiger partial charge in [-0.15, -0.1) is 0 Å². The normalized spacial score (nSPS) is 10.4. The number of benzene rings is 1. The Hall–Kier alpha value is -2.57. The summed E-state index contributed by atoms with van der Waals surface area (Å²) in [5, 5.41) is 25.7. The number of hydrogen-bond acceptors (Lipinski definition) is 5. The fraction of sp³-hybridized carbons (Fsp3) is 0.250. The van der Waals surface area contributed by atoms with Crippen molar-refractivity contribution < 1.29 is 15.0 Å². The molecule has 100 valence electrons. The van der Waals surface area contributed by atoms with Crippen molar-refractivity contribution in [2.24, 2.45) is 7.05 Å². The Bertz CT molecular complexity index is 574. The molecule has 1 aromatic carbocycles. The van der Waals surface area contributed by atoms with Crippen molar-refractivity contribution in [1.29, 1.82) is 0 Å². The van der Waals surface area contributed by atoms with Gasteiger partial charge < -0.3 is 15.5 Å². The monoisotopic (exact) mass is 262 g/mol. The second kappa shape index (κ2) is 5.38. The molecule has 2 rings (SSSR count). The average molecular weight is 262 g/mol. The molecule has 0 atom stereocenters.